The molecule has 0 radical (unpaired) electrons. The van der Waals surface area contributed by atoms with E-state index in [1.54, 1.807) is 30.0 Å². The van der Waals surface area contributed by atoms with Crippen LogP contribution in [0.15, 0.2) is 18.2 Å². The van der Waals surface area contributed by atoms with Crippen LogP contribution in [-0.4, -0.2) is 37.2 Å². The van der Waals surface area contributed by atoms with Crippen molar-refractivity contribution in [1.82, 2.24) is 4.90 Å². The van der Waals surface area contributed by atoms with E-state index in [2.05, 4.69) is 5.32 Å². The summed E-state index contributed by atoms with van der Waals surface area (Å²) >= 11 is 0. The van der Waals surface area contributed by atoms with Crippen molar-refractivity contribution in [1.29, 1.82) is 0 Å². The number of amides is 2. The number of rotatable bonds is 1. The van der Waals surface area contributed by atoms with Crippen molar-refractivity contribution >= 4 is 11.7 Å². The van der Waals surface area contributed by atoms with Crippen molar-refractivity contribution in [2.45, 2.75) is 6.92 Å². The zero-order valence-corrected chi connectivity index (χ0v) is 9.70. The Morgan fingerprint density at radius 1 is 1.41 bits per heavy atom. The van der Waals surface area contributed by atoms with E-state index in [9.17, 15) is 9.18 Å². The summed E-state index contributed by atoms with van der Waals surface area (Å²) in [5.41, 5.74) is 0.742. The molecule has 1 aliphatic rings. The van der Waals surface area contributed by atoms with Gasteiger partial charge in [-0.05, 0) is 18.6 Å². The van der Waals surface area contributed by atoms with Crippen LogP contribution in [-0.2, 0) is 4.74 Å². The molecule has 0 aromatic heterocycles. The molecule has 0 saturated carbocycles. The third kappa shape index (κ3) is 2.74. The fourth-order valence-corrected chi connectivity index (χ4v) is 1.70. The van der Waals surface area contributed by atoms with Gasteiger partial charge in [-0.25, -0.2) is 9.18 Å². The van der Waals surface area contributed by atoms with E-state index in [4.69, 9.17) is 4.74 Å². The number of benzene rings is 1. The van der Waals surface area contributed by atoms with Crippen LogP contribution in [0.4, 0.5) is 14.9 Å². The molecule has 0 unspecified atom stereocenters. The molecule has 5 heteroatoms. The van der Waals surface area contributed by atoms with Gasteiger partial charge in [0.1, 0.15) is 5.82 Å². The topological polar surface area (TPSA) is 41.6 Å². The summed E-state index contributed by atoms with van der Waals surface area (Å²) in [6.07, 6.45) is 0. The molecular weight excluding hydrogens is 223 g/mol. The molecule has 0 spiro atoms. The number of morpholine rings is 1. The van der Waals surface area contributed by atoms with Crippen molar-refractivity contribution < 1.29 is 13.9 Å². The highest BCUT2D eigenvalue weighted by molar-refractivity contribution is 5.89. The summed E-state index contributed by atoms with van der Waals surface area (Å²) in [5.74, 6) is -0.380. The van der Waals surface area contributed by atoms with E-state index in [-0.39, 0.29) is 17.5 Å². The van der Waals surface area contributed by atoms with Crippen LogP contribution in [0.3, 0.4) is 0 Å². The van der Waals surface area contributed by atoms with E-state index in [1.807, 2.05) is 0 Å². The Morgan fingerprint density at radius 2 is 2.12 bits per heavy atom. The largest absolute Gasteiger partial charge is 0.378 e. The molecule has 1 N–H and O–H groups in total. The monoisotopic (exact) mass is 238 g/mol. The molecular formula is C12H15FN2O2. The lowest BCUT2D eigenvalue weighted by Gasteiger charge is -2.27. The number of anilines is 1. The summed E-state index contributed by atoms with van der Waals surface area (Å²) in [6.45, 7) is 3.81. The number of nitrogens with zero attached hydrogens (tertiary/aromatic N) is 1. The molecule has 0 bridgehead atoms. The summed E-state index contributed by atoms with van der Waals surface area (Å²) < 4.78 is 18.8. The molecule has 1 aromatic carbocycles. The number of carbonyl (C=O) groups excluding carboxylic acids is 1. The van der Waals surface area contributed by atoms with Gasteiger partial charge in [0, 0.05) is 13.1 Å². The third-order valence-electron chi connectivity index (χ3n) is 2.73. The standard InChI is InChI=1S/C12H15FN2O2/c1-9-3-2-4-10(11(9)13)14-12(16)15-5-7-17-8-6-15/h2-4H,5-8H2,1H3,(H,14,16). The number of urea groups is 1. The first-order chi connectivity index (χ1) is 8.18. The predicted octanol–water partition coefficient (Wildman–Crippen LogP) is 2.00. The minimum Gasteiger partial charge on any atom is -0.378 e. The summed E-state index contributed by atoms with van der Waals surface area (Å²) in [6, 6.07) is 4.66. The maximum Gasteiger partial charge on any atom is 0.322 e. The van der Waals surface area contributed by atoms with Crippen molar-refractivity contribution in [2.24, 2.45) is 0 Å². The lowest BCUT2D eigenvalue weighted by atomic mass is 10.2. The zero-order valence-electron chi connectivity index (χ0n) is 9.70. The van der Waals surface area contributed by atoms with E-state index in [1.165, 1.54) is 0 Å². The van der Waals surface area contributed by atoms with Crippen LogP contribution in [0, 0.1) is 12.7 Å². The van der Waals surface area contributed by atoms with Crippen LogP contribution >= 0.6 is 0 Å². The molecule has 4 nitrogen and oxygen atoms in total. The molecule has 1 saturated heterocycles. The Morgan fingerprint density at radius 3 is 2.82 bits per heavy atom. The fourth-order valence-electron chi connectivity index (χ4n) is 1.70. The smallest absolute Gasteiger partial charge is 0.322 e. The Hall–Kier alpha value is -1.62. The Balaban J connectivity index is 2.04. The number of halogens is 1. The molecule has 1 aliphatic heterocycles. The normalized spacial score (nSPS) is 15.8. The highest BCUT2D eigenvalue weighted by atomic mass is 19.1. The van der Waals surface area contributed by atoms with Crippen LogP contribution in [0.2, 0.25) is 0 Å². The highest BCUT2D eigenvalue weighted by Gasteiger charge is 2.18. The van der Waals surface area contributed by atoms with Gasteiger partial charge in [0.15, 0.2) is 0 Å². The Kier molecular flexibility index (Phi) is 3.58. The fraction of sp³-hybridized carbons (Fsp3) is 0.417. The molecule has 0 aliphatic carbocycles. The number of aryl methyl sites for hydroxylation is 1. The molecule has 17 heavy (non-hydrogen) atoms. The molecule has 1 heterocycles. The van der Waals surface area contributed by atoms with Gasteiger partial charge in [0.2, 0.25) is 0 Å². The molecule has 1 aromatic rings. The van der Waals surface area contributed by atoms with E-state index in [0.717, 1.165) is 0 Å². The first-order valence-corrected chi connectivity index (χ1v) is 5.57. The SMILES string of the molecule is Cc1cccc(NC(=O)N2CCOCC2)c1F. The number of hydrogen-bond donors (Lipinski definition) is 1. The third-order valence-corrected chi connectivity index (χ3v) is 2.73. The second-order valence-electron chi connectivity index (χ2n) is 3.97. The zero-order chi connectivity index (χ0) is 12.3. The van der Waals surface area contributed by atoms with E-state index < -0.39 is 0 Å². The quantitative estimate of drug-likeness (QED) is 0.813. The van der Waals surface area contributed by atoms with Crippen molar-refractivity contribution in [3.8, 4) is 0 Å². The second kappa shape index (κ2) is 5.14. The molecule has 0 atom stereocenters. The highest BCUT2D eigenvalue weighted by Crippen LogP contribution is 2.17. The number of nitrogens with one attached hydrogen (secondary N) is 1. The minimum atomic E-state index is -0.380. The van der Waals surface area contributed by atoms with Gasteiger partial charge in [0.05, 0.1) is 18.9 Å². The molecule has 1 fully saturated rings. The Bertz CT molecular complexity index is 417. The van der Waals surface area contributed by atoms with E-state index >= 15 is 0 Å². The first-order valence-electron chi connectivity index (χ1n) is 5.57. The summed E-state index contributed by atoms with van der Waals surface area (Å²) in [7, 11) is 0. The molecule has 2 rings (SSSR count). The number of hydrogen-bond acceptors (Lipinski definition) is 2. The van der Waals surface area contributed by atoms with Gasteiger partial charge in [-0.15, -0.1) is 0 Å². The van der Waals surface area contributed by atoms with Crippen LogP contribution in [0.25, 0.3) is 0 Å². The maximum absolute atomic E-state index is 13.7. The average molecular weight is 238 g/mol. The van der Waals surface area contributed by atoms with Gasteiger partial charge in [-0.1, -0.05) is 12.1 Å². The predicted molar refractivity (Wildman–Crippen MR) is 62.5 cm³/mol. The average Bonchev–Trinajstić information content (AvgIpc) is 2.36. The number of ether oxygens (including phenoxy) is 1. The van der Waals surface area contributed by atoms with Gasteiger partial charge in [-0.2, -0.15) is 0 Å². The second-order valence-corrected chi connectivity index (χ2v) is 3.97. The van der Waals surface area contributed by atoms with Crippen LogP contribution in [0.1, 0.15) is 5.56 Å². The van der Waals surface area contributed by atoms with Gasteiger partial charge >= 0.3 is 6.03 Å². The molecule has 92 valence electrons. The van der Waals surface area contributed by atoms with Crippen LogP contribution in [0.5, 0.6) is 0 Å². The lowest BCUT2D eigenvalue weighted by Crippen LogP contribution is -2.43. The summed E-state index contributed by atoms with van der Waals surface area (Å²) in [5, 5.41) is 2.58. The van der Waals surface area contributed by atoms with Crippen molar-refractivity contribution in [2.75, 3.05) is 31.6 Å². The van der Waals surface area contributed by atoms with Gasteiger partial charge in [-0.3, -0.25) is 0 Å². The number of carbonyl (C=O) groups is 1. The van der Waals surface area contributed by atoms with Crippen LogP contribution < -0.4 is 5.32 Å². The van der Waals surface area contributed by atoms with Gasteiger partial charge in [0.25, 0.3) is 0 Å². The van der Waals surface area contributed by atoms with Gasteiger partial charge < -0.3 is 15.0 Å². The van der Waals surface area contributed by atoms with E-state index in [0.29, 0.717) is 31.9 Å². The molecule has 2 amide bonds. The Labute approximate surface area is 99.4 Å². The lowest BCUT2D eigenvalue weighted by molar-refractivity contribution is 0.0564. The minimum absolute atomic E-state index is 0.224. The van der Waals surface area contributed by atoms with Crippen molar-refractivity contribution in [3.05, 3.63) is 29.6 Å². The first kappa shape index (κ1) is 11.9. The van der Waals surface area contributed by atoms with Crippen molar-refractivity contribution in [3.63, 3.8) is 0 Å². The maximum atomic E-state index is 13.7. The summed E-state index contributed by atoms with van der Waals surface area (Å²) in [4.78, 5) is 13.4.